The summed E-state index contributed by atoms with van der Waals surface area (Å²) in [4.78, 5) is 26.2. The van der Waals surface area contributed by atoms with Gasteiger partial charge >= 0.3 is 5.97 Å². The van der Waals surface area contributed by atoms with E-state index in [1.807, 2.05) is 0 Å². The zero-order valence-corrected chi connectivity index (χ0v) is 12.5. The number of halogens is 2. The largest absolute Gasteiger partial charge is 0.478 e. The molecule has 1 aromatic heterocycles. The van der Waals surface area contributed by atoms with Crippen molar-refractivity contribution in [1.82, 2.24) is 4.90 Å². The number of nitrogens with zero attached hydrogens (tertiary/aromatic N) is 2. The average Bonchev–Trinajstić information content (AvgIpc) is 3.07. The standard InChI is InChI=1S/C16H14F2N2O4/c17-11-1-2-12(18)13(8-11)19-3-5-20(6-4-19)15(21)14-7-10(9-24-14)16(22)23/h1-2,7-9H,3-6H2,(H,22,23). The van der Waals surface area contributed by atoms with Crippen LogP contribution in [0.15, 0.2) is 34.9 Å². The molecule has 0 bridgehead atoms. The molecule has 1 saturated heterocycles. The molecular weight excluding hydrogens is 322 g/mol. The second-order valence-corrected chi connectivity index (χ2v) is 5.38. The molecular formula is C16H14F2N2O4. The molecule has 1 aliphatic rings. The van der Waals surface area contributed by atoms with Crippen molar-refractivity contribution in [2.24, 2.45) is 0 Å². The molecule has 3 rings (SSSR count). The summed E-state index contributed by atoms with van der Waals surface area (Å²) in [5, 5.41) is 8.84. The molecule has 2 heterocycles. The van der Waals surface area contributed by atoms with Crippen molar-refractivity contribution >= 4 is 17.6 Å². The number of carbonyl (C=O) groups is 2. The number of carboxylic acids is 1. The normalized spacial score (nSPS) is 14.8. The van der Waals surface area contributed by atoms with Crippen LogP contribution in [0.4, 0.5) is 14.5 Å². The van der Waals surface area contributed by atoms with E-state index < -0.39 is 23.5 Å². The molecule has 24 heavy (non-hydrogen) atoms. The Labute approximate surface area is 135 Å². The predicted molar refractivity (Wildman–Crippen MR) is 80.1 cm³/mol. The van der Waals surface area contributed by atoms with E-state index in [9.17, 15) is 18.4 Å². The van der Waals surface area contributed by atoms with Gasteiger partial charge in [0.15, 0.2) is 5.76 Å². The fourth-order valence-corrected chi connectivity index (χ4v) is 2.59. The van der Waals surface area contributed by atoms with Crippen LogP contribution < -0.4 is 4.90 Å². The Kier molecular flexibility index (Phi) is 4.20. The molecule has 0 atom stereocenters. The van der Waals surface area contributed by atoms with E-state index in [0.717, 1.165) is 24.5 Å². The first-order chi connectivity index (χ1) is 11.5. The number of benzene rings is 1. The first kappa shape index (κ1) is 16.0. The summed E-state index contributed by atoms with van der Waals surface area (Å²) in [5.74, 6) is -2.71. The van der Waals surface area contributed by atoms with E-state index in [-0.39, 0.29) is 30.1 Å². The molecule has 1 fully saturated rings. The summed E-state index contributed by atoms with van der Waals surface area (Å²) < 4.78 is 32.1. The molecule has 2 aromatic rings. The Balaban J connectivity index is 1.67. The third-order valence-electron chi connectivity index (χ3n) is 3.87. The third-order valence-corrected chi connectivity index (χ3v) is 3.87. The molecule has 0 radical (unpaired) electrons. The second kappa shape index (κ2) is 6.31. The van der Waals surface area contributed by atoms with Crippen molar-refractivity contribution in [3.8, 4) is 0 Å². The van der Waals surface area contributed by atoms with Crippen LogP contribution in [-0.4, -0.2) is 48.1 Å². The second-order valence-electron chi connectivity index (χ2n) is 5.38. The van der Waals surface area contributed by atoms with Gasteiger partial charge in [-0.05, 0) is 12.1 Å². The highest BCUT2D eigenvalue weighted by atomic mass is 19.1. The van der Waals surface area contributed by atoms with Crippen LogP contribution in [0.1, 0.15) is 20.9 Å². The maximum atomic E-state index is 13.8. The van der Waals surface area contributed by atoms with E-state index in [4.69, 9.17) is 9.52 Å². The minimum Gasteiger partial charge on any atom is -0.478 e. The fourth-order valence-electron chi connectivity index (χ4n) is 2.59. The van der Waals surface area contributed by atoms with Crippen molar-refractivity contribution in [2.45, 2.75) is 0 Å². The van der Waals surface area contributed by atoms with Crippen LogP contribution >= 0.6 is 0 Å². The molecule has 0 aliphatic carbocycles. The fraction of sp³-hybridized carbons (Fsp3) is 0.250. The van der Waals surface area contributed by atoms with Gasteiger partial charge in [0.2, 0.25) is 0 Å². The van der Waals surface area contributed by atoms with Gasteiger partial charge in [0, 0.05) is 38.3 Å². The first-order valence-corrected chi connectivity index (χ1v) is 7.27. The summed E-state index contributed by atoms with van der Waals surface area (Å²) in [6, 6.07) is 4.41. The Morgan fingerprint density at radius 3 is 2.42 bits per heavy atom. The van der Waals surface area contributed by atoms with E-state index in [1.165, 1.54) is 11.0 Å². The van der Waals surface area contributed by atoms with Gasteiger partial charge < -0.3 is 19.3 Å². The predicted octanol–water partition coefficient (Wildman–Crippen LogP) is 2.22. The van der Waals surface area contributed by atoms with Gasteiger partial charge in [0.1, 0.15) is 17.9 Å². The maximum absolute atomic E-state index is 13.8. The summed E-state index contributed by atoms with van der Waals surface area (Å²) in [6.07, 6.45) is 1.01. The van der Waals surface area contributed by atoms with Crippen LogP contribution in [0.25, 0.3) is 0 Å². The summed E-state index contributed by atoms with van der Waals surface area (Å²) in [6.45, 7) is 1.24. The molecule has 126 valence electrons. The highest BCUT2D eigenvalue weighted by Crippen LogP contribution is 2.22. The van der Waals surface area contributed by atoms with Crippen LogP contribution in [-0.2, 0) is 0 Å². The molecule has 0 unspecified atom stereocenters. The lowest BCUT2D eigenvalue weighted by atomic mass is 10.2. The number of carboxylic acid groups (broad SMARTS) is 1. The van der Waals surface area contributed by atoms with Gasteiger partial charge in [-0.3, -0.25) is 4.79 Å². The third kappa shape index (κ3) is 3.08. The van der Waals surface area contributed by atoms with Crippen molar-refractivity contribution in [3.63, 3.8) is 0 Å². The lowest BCUT2D eigenvalue weighted by molar-refractivity contribution is 0.0692. The molecule has 1 aliphatic heterocycles. The molecule has 1 aromatic carbocycles. The molecule has 8 heteroatoms. The van der Waals surface area contributed by atoms with Crippen LogP contribution in [0.5, 0.6) is 0 Å². The Bertz CT molecular complexity index is 782. The number of furan rings is 1. The van der Waals surface area contributed by atoms with Gasteiger partial charge in [0.25, 0.3) is 5.91 Å². The van der Waals surface area contributed by atoms with Crippen molar-refractivity contribution in [2.75, 3.05) is 31.1 Å². The summed E-state index contributed by atoms with van der Waals surface area (Å²) in [5.41, 5.74) is 0.0621. The highest BCUT2D eigenvalue weighted by molar-refractivity contribution is 5.95. The number of anilines is 1. The van der Waals surface area contributed by atoms with Gasteiger partial charge in [-0.1, -0.05) is 0 Å². The van der Waals surface area contributed by atoms with Crippen LogP contribution in [0, 0.1) is 11.6 Å². The topological polar surface area (TPSA) is 74.0 Å². The van der Waals surface area contributed by atoms with Gasteiger partial charge in [0.05, 0.1) is 11.3 Å². The molecule has 6 nitrogen and oxygen atoms in total. The lowest BCUT2D eigenvalue weighted by Crippen LogP contribution is -2.49. The quantitative estimate of drug-likeness (QED) is 0.930. The van der Waals surface area contributed by atoms with E-state index in [1.54, 1.807) is 4.90 Å². The monoisotopic (exact) mass is 336 g/mol. The zero-order valence-electron chi connectivity index (χ0n) is 12.5. The van der Waals surface area contributed by atoms with Gasteiger partial charge in [-0.2, -0.15) is 0 Å². The SMILES string of the molecule is O=C(O)c1coc(C(=O)N2CCN(c3cc(F)ccc3F)CC2)c1. The molecule has 0 spiro atoms. The number of amides is 1. The van der Waals surface area contributed by atoms with Crippen molar-refractivity contribution < 1.29 is 27.9 Å². The van der Waals surface area contributed by atoms with Crippen LogP contribution in [0.2, 0.25) is 0 Å². The van der Waals surface area contributed by atoms with E-state index >= 15 is 0 Å². The molecule has 1 amide bonds. The number of piperazine rings is 1. The van der Waals surface area contributed by atoms with Gasteiger partial charge in [-0.15, -0.1) is 0 Å². The van der Waals surface area contributed by atoms with Crippen LogP contribution in [0.3, 0.4) is 0 Å². The first-order valence-electron chi connectivity index (χ1n) is 7.27. The Morgan fingerprint density at radius 1 is 1.08 bits per heavy atom. The number of hydrogen-bond acceptors (Lipinski definition) is 4. The maximum Gasteiger partial charge on any atom is 0.338 e. The minimum atomic E-state index is -1.18. The number of carbonyl (C=O) groups excluding carboxylic acids is 1. The van der Waals surface area contributed by atoms with E-state index in [2.05, 4.69) is 0 Å². The number of aromatic carboxylic acids is 1. The number of rotatable bonds is 3. The Morgan fingerprint density at radius 2 is 1.79 bits per heavy atom. The lowest BCUT2D eigenvalue weighted by Gasteiger charge is -2.35. The summed E-state index contributed by atoms with van der Waals surface area (Å²) >= 11 is 0. The average molecular weight is 336 g/mol. The molecule has 0 saturated carbocycles. The summed E-state index contributed by atoms with van der Waals surface area (Å²) in [7, 11) is 0. The van der Waals surface area contributed by atoms with Crippen molar-refractivity contribution in [1.29, 1.82) is 0 Å². The smallest absolute Gasteiger partial charge is 0.338 e. The molecule has 1 N–H and O–H groups in total. The zero-order chi connectivity index (χ0) is 17.3. The highest BCUT2D eigenvalue weighted by Gasteiger charge is 2.26. The van der Waals surface area contributed by atoms with Crippen molar-refractivity contribution in [3.05, 3.63) is 53.5 Å². The van der Waals surface area contributed by atoms with Gasteiger partial charge in [-0.25, -0.2) is 13.6 Å². The number of hydrogen-bond donors (Lipinski definition) is 1. The van der Waals surface area contributed by atoms with E-state index in [0.29, 0.717) is 13.1 Å². The minimum absolute atomic E-state index is 0.0576. The Hall–Kier alpha value is -2.90.